The Labute approximate surface area is 267 Å². The zero-order valence-corrected chi connectivity index (χ0v) is 26.3. The molecule has 0 unspecified atom stereocenters. The van der Waals surface area contributed by atoms with E-state index < -0.39 is 17.1 Å². The Morgan fingerprint density at radius 3 is 2.46 bits per heavy atom. The topological polar surface area (TPSA) is 117 Å². The number of urea groups is 1. The van der Waals surface area contributed by atoms with Crippen molar-refractivity contribution in [2.75, 3.05) is 56.2 Å². The van der Waals surface area contributed by atoms with Crippen LogP contribution in [0, 0.1) is 23.0 Å². The van der Waals surface area contributed by atoms with Crippen molar-refractivity contribution in [2.24, 2.45) is 5.92 Å². The fraction of sp³-hybridized carbons (Fsp3) is 0.485. The highest BCUT2D eigenvalue weighted by molar-refractivity contribution is 6.06. The SMILES string of the molecule is COc1ccc(CN2C(=O)CCN(c3ccc(N4CCC(CN5CC[C@@H](n6cc([N+](=O)[O-])cn6)[C@@H](F)C5)CC4)cc3C)C2=O)cc1. The number of carbonyl (C=O) groups is 2. The molecule has 4 heterocycles. The molecule has 12 nitrogen and oxygen atoms in total. The summed E-state index contributed by atoms with van der Waals surface area (Å²) in [4.78, 5) is 44.2. The lowest BCUT2D eigenvalue weighted by Gasteiger charge is -2.39. The van der Waals surface area contributed by atoms with Crippen LogP contribution < -0.4 is 14.5 Å². The van der Waals surface area contributed by atoms with Gasteiger partial charge in [0.2, 0.25) is 5.91 Å². The number of alkyl halides is 1. The number of hydrogen-bond donors (Lipinski definition) is 0. The molecule has 3 amide bonds. The van der Waals surface area contributed by atoms with Crippen molar-refractivity contribution < 1.29 is 23.6 Å². The van der Waals surface area contributed by atoms with E-state index in [0.717, 1.165) is 67.3 Å². The van der Waals surface area contributed by atoms with E-state index in [0.29, 0.717) is 25.4 Å². The van der Waals surface area contributed by atoms with Crippen molar-refractivity contribution in [3.8, 4) is 5.75 Å². The van der Waals surface area contributed by atoms with E-state index in [1.807, 2.05) is 37.3 Å². The third-order valence-corrected chi connectivity index (χ3v) is 9.51. The highest BCUT2D eigenvalue weighted by Crippen LogP contribution is 2.32. The van der Waals surface area contributed by atoms with E-state index in [1.54, 1.807) is 12.0 Å². The van der Waals surface area contributed by atoms with Crippen LogP contribution in [-0.2, 0) is 11.3 Å². The molecule has 6 rings (SSSR count). The maximum atomic E-state index is 15.1. The van der Waals surface area contributed by atoms with E-state index >= 15 is 4.39 Å². The van der Waals surface area contributed by atoms with E-state index in [4.69, 9.17) is 4.74 Å². The van der Waals surface area contributed by atoms with Gasteiger partial charge in [-0.1, -0.05) is 12.1 Å². The van der Waals surface area contributed by atoms with Gasteiger partial charge in [-0.3, -0.25) is 29.4 Å². The van der Waals surface area contributed by atoms with Gasteiger partial charge in [-0.25, -0.2) is 9.18 Å². The largest absolute Gasteiger partial charge is 0.497 e. The molecule has 2 atom stereocenters. The summed E-state index contributed by atoms with van der Waals surface area (Å²) >= 11 is 0. The summed E-state index contributed by atoms with van der Waals surface area (Å²) in [5.41, 5.74) is 3.63. The number of ether oxygens (including phenoxy) is 1. The molecule has 2 aromatic carbocycles. The molecule has 3 aromatic rings. The van der Waals surface area contributed by atoms with Crippen molar-refractivity contribution in [1.82, 2.24) is 19.6 Å². The van der Waals surface area contributed by atoms with Gasteiger partial charge in [-0.15, -0.1) is 0 Å². The molecule has 0 radical (unpaired) electrons. The van der Waals surface area contributed by atoms with E-state index in [1.165, 1.54) is 22.0 Å². The summed E-state index contributed by atoms with van der Waals surface area (Å²) in [6.07, 6.45) is 4.19. The van der Waals surface area contributed by atoms with Crippen LogP contribution in [0.4, 0.5) is 26.2 Å². The second-order valence-corrected chi connectivity index (χ2v) is 12.5. The number of aromatic nitrogens is 2. The Hall–Kier alpha value is -4.52. The monoisotopic (exact) mass is 633 g/mol. The normalized spacial score (nSPS) is 21.6. The average Bonchev–Trinajstić information content (AvgIpc) is 3.55. The number of imide groups is 1. The smallest absolute Gasteiger partial charge is 0.331 e. The standard InChI is InChI=1S/C33H40FN7O5/c1-23-17-26(5-8-30(23)38-16-12-32(42)39(33(38)43)20-24-3-6-28(46-2)7-4-24)37-14-9-25(10-15-37)19-36-13-11-31(29(34)22-36)40-21-27(18-35-40)41(44)45/h3-8,17-18,21,25,29,31H,9-16,19-20,22H2,1-2H3/t29-,31+/m0/s1. The average molecular weight is 634 g/mol. The highest BCUT2D eigenvalue weighted by Gasteiger charge is 2.35. The van der Waals surface area contributed by atoms with Gasteiger partial charge in [0.05, 0.1) is 24.6 Å². The van der Waals surface area contributed by atoms with Gasteiger partial charge in [0.25, 0.3) is 0 Å². The second-order valence-electron chi connectivity index (χ2n) is 12.5. The first-order valence-electron chi connectivity index (χ1n) is 15.9. The van der Waals surface area contributed by atoms with Crippen LogP contribution in [0.2, 0.25) is 0 Å². The molecule has 3 aliphatic heterocycles. The molecule has 3 saturated heterocycles. The minimum absolute atomic E-state index is 0.116. The number of likely N-dealkylation sites (tertiary alicyclic amines) is 1. The quantitative estimate of drug-likeness (QED) is 0.240. The summed E-state index contributed by atoms with van der Waals surface area (Å²) in [6, 6.07) is 12.7. The zero-order valence-electron chi connectivity index (χ0n) is 26.3. The summed E-state index contributed by atoms with van der Waals surface area (Å²) in [5.74, 6) is 1.01. The number of aryl methyl sites for hydroxylation is 1. The fourth-order valence-electron chi connectivity index (χ4n) is 6.88. The summed E-state index contributed by atoms with van der Waals surface area (Å²) in [6.45, 7) is 6.22. The first-order valence-corrected chi connectivity index (χ1v) is 15.9. The number of anilines is 2. The van der Waals surface area contributed by atoms with Crippen LogP contribution >= 0.6 is 0 Å². The molecule has 13 heteroatoms. The predicted octanol–water partition coefficient (Wildman–Crippen LogP) is 4.97. The van der Waals surface area contributed by atoms with Crippen LogP contribution in [0.15, 0.2) is 54.9 Å². The number of methoxy groups -OCH3 is 1. The predicted molar refractivity (Wildman–Crippen MR) is 171 cm³/mol. The van der Waals surface area contributed by atoms with Crippen molar-refractivity contribution >= 4 is 29.0 Å². The van der Waals surface area contributed by atoms with Gasteiger partial charge in [0, 0.05) is 57.1 Å². The Kier molecular flexibility index (Phi) is 9.20. The Balaban J connectivity index is 1.01. The molecule has 0 spiro atoms. The Morgan fingerprint density at radius 1 is 1.04 bits per heavy atom. The number of nitro groups is 1. The maximum absolute atomic E-state index is 15.1. The number of hydrogen-bond acceptors (Lipinski definition) is 8. The minimum atomic E-state index is -1.13. The summed E-state index contributed by atoms with van der Waals surface area (Å²) in [5, 5.41) is 15.0. The van der Waals surface area contributed by atoms with E-state index in [2.05, 4.69) is 27.0 Å². The molecule has 0 bridgehead atoms. The molecule has 46 heavy (non-hydrogen) atoms. The lowest BCUT2D eigenvalue weighted by Crippen LogP contribution is -2.52. The fourth-order valence-corrected chi connectivity index (χ4v) is 6.88. The molecular weight excluding hydrogens is 593 g/mol. The number of amides is 3. The van der Waals surface area contributed by atoms with Gasteiger partial charge >= 0.3 is 11.7 Å². The summed E-state index contributed by atoms with van der Waals surface area (Å²) < 4.78 is 21.7. The Morgan fingerprint density at radius 2 is 1.80 bits per heavy atom. The number of nitrogens with zero attached hydrogens (tertiary/aromatic N) is 7. The summed E-state index contributed by atoms with van der Waals surface area (Å²) in [7, 11) is 1.60. The lowest BCUT2D eigenvalue weighted by atomic mass is 9.94. The first kappa shape index (κ1) is 31.5. The molecule has 0 saturated carbocycles. The first-order chi connectivity index (χ1) is 22.2. The van der Waals surface area contributed by atoms with Gasteiger partial charge in [-0.2, -0.15) is 5.10 Å². The molecule has 244 valence electrons. The van der Waals surface area contributed by atoms with Crippen LogP contribution in [-0.4, -0.2) is 89.0 Å². The van der Waals surface area contributed by atoms with Crippen molar-refractivity contribution in [1.29, 1.82) is 0 Å². The van der Waals surface area contributed by atoms with Crippen molar-refractivity contribution in [3.05, 3.63) is 76.1 Å². The molecule has 0 N–H and O–H groups in total. The number of piperidine rings is 2. The highest BCUT2D eigenvalue weighted by atomic mass is 19.1. The van der Waals surface area contributed by atoms with Crippen molar-refractivity contribution in [2.45, 2.75) is 51.4 Å². The third-order valence-electron chi connectivity index (χ3n) is 9.51. The van der Waals surface area contributed by atoms with Gasteiger partial charge < -0.3 is 14.5 Å². The second kappa shape index (κ2) is 13.5. The van der Waals surface area contributed by atoms with Gasteiger partial charge in [0.15, 0.2) is 0 Å². The number of rotatable bonds is 9. The van der Waals surface area contributed by atoms with Crippen LogP contribution in [0.25, 0.3) is 0 Å². The van der Waals surface area contributed by atoms with Gasteiger partial charge in [0.1, 0.15) is 24.3 Å². The van der Waals surface area contributed by atoms with E-state index in [-0.39, 0.29) is 30.6 Å². The van der Waals surface area contributed by atoms with Crippen LogP contribution in [0.5, 0.6) is 5.75 Å². The molecule has 1 aromatic heterocycles. The van der Waals surface area contributed by atoms with Crippen LogP contribution in [0.3, 0.4) is 0 Å². The number of halogens is 1. The maximum Gasteiger partial charge on any atom is 0.331 e. The number of benzene rings is 2. The molecule has 3 fully saturated rings. The Bertz CT molecular complexity index is 1570. The lowest BCUT2D eigenvalue weighted by molar-refractivity contribution is -0.385. The molecule has 3 aliphatic rings. The molecule has 0 aliphatic carbocycles. The van der Waals surface area contributed by atoms with Crippen LogP contribution in [0.1, 0.15) is 42.9 Å². The van der Waals surface area contributed by atoms with E-state index in [9.17, 15) is 19.7 Å². The molecular formula is C33H40FN7O5. The van der Waals surface area contributed by atoms with Gasteiger partial charge in [-0.05, 0) is 73.6 Å². The third kappa shape index (κ3) is 6.69. The zero-order chi connectivity index (χ0) is 32.4. The van der Waals surface area contributed by atoms with Crippen molar-refractivity contribution in [3.63, 3.8) is 0 Å². The minimum Gasteiger partial charge on any atom is -0.497 e. The number of carbonyl (C=O) groups excluding carboxylic acids is 2.